The predicted molar refractivity (Wildman–Crippen MR) is 96.5 cm³/mol. The van der Waals surface area contributed by atoms with Crippen molar-refractivity contribution in [2.75, 3.05) is 0 Å². The van der Waals surface area contributed by atoms with Gasteiger partial charge in [0.1, 0.15) is 10.5 Å². The molecule has 0 rings (SSSR count). The van der Waals surface area contributed by atoms with Gasteiger partial charge in [-0.2, -0.15) is 5.48 Å². The van der Waals surface area contributed by atoms with Crippen LogP contribution in [-0.2, 0) is 4.79 Å². The van der Waals surface area contributed by atoms with Crippen LogP contribution >= 0.6 is 24.8 Å². The van der Waals surface area contributed by atoms with Gasteiger partial charge in [0.25, 0.3) is 0 Å². The Kier molecular flexibility index (Phi) is 15.3. The molecular formula is C15H30N2O3S2. The maximum atomic E-state index is 10.3. The second-order valence-corrected chi connectivity index (χ2v) is 6.76. The fourth-order valence-electron chi connectivity index (χ4n) is 2.36. The van der Waals surface area contributed by atoms with Crippen LogP contribution in [0.4, 0.5) is 0 Å². The van der Waals surface area contributed by atoms with Crippen molar-refractivity contribution in [1.29, 1.82) is 0 Å². The lowest BCUT2D eigenvalue weighted by molar-refractivity contribution is -0.137. The molecule has 130 valence electrons. The van der Waals surface area contributed by atoms with E-state index >= 15 is 0 Å². The Morgan fingerprint density at radius 2 is 1.41 bits per heavy atom. The lowest BCUT2D eigenvalue weighted by Crippen LogP contribution is -2.41. The summed E-state index contributed by atoms with van der Waals surface area (Å²) in [6.45, 7) is 0. The number of hydrogen-bond acceptors (Lipinski definition) is 4. The number of thiocarbonyl (C=S) groups is 1. The van der Waals surface area contributed by atoms with E-state index in [2.05, 4.69) is 23.4 Å². The van der Waals surface area contributed by atoms with Gasteiger partial charge in [-0.3, -0.25) is 4.79 Å². The van der Waals surface area contributed by atoms with Crippen molar-refractivity contribution in [2.45, 2.75) is 83.2 Å². The summed E-state index contributed by atoms with van der Waals surface area (Å²) in [6, 6.07) is 0. The van der Waals surface area contributed by atoms with Crippen LogP contribution in [0.15, 0.2) is 0 Å². The SMILES string of the molecule is O=C(O)CCCCCCCCCCCCC(NO)NC(=S)S. The van der Waals surface area contributed by atoms with E-state index in [-0.39, 0.29) is 6.17 Å². The monoisotopic (exact) mass is 350 g/mol. The van der Waals surface area contributed by atoms with E-state index in [1.54, 1.807) is 0 Å². The Balaban J connectivity index is 3.23. The largest absolute Gasteiger partial charge is 0.481 e. The number of hydrogen-bond donors (Lipinski definition) is 5. The topological polar surface area (TPSA) is 81.6 Å². The molecule has 0 aromatic carbocycles. The van der Waals surface area contributed by atoms with Gasteiger partial charge in [-0.05, 0) is 19.3 Å². The van der Waals surface area contributed by atoms with Crippen LogP contribution in [0, 0.1) is 0 Å². The van der Waals surface area contributed by atoms with Gasteiger partial charge < -0.3 is 15.6 Å². The smallest absolute Gasteiger partial charge is 0.303 e. The highest BCUT2D eigenvalue weighted by molar-refractivity contribution is 8.11. The first-order valence-electron chi connectivity index (χ1n) is 8.17. The summed E-state index contributed by atoms with van der Waals surface area (Å²) >= 11 is 8.78. The molecule has 0 fully saturated rings. The first-order valence-corrected chi connectivity index (χ1v) is 9.02. The van der Waals surface area contributed by atoms with Crippen LogP contribution in [0.5, 0.6) is 0 Å². The van der Waals surface area contributed by atoms with Crippen molar-refractivity contribution in [2.24, 2.45) is 0 Å². The number of carbonyl (C=O) groups is 1. The van der Waals surface area contributed by atoms with Crippen molar-refractivity contribution < 1.29 is 15.1 Å². The third kappa shape index (κ3) is 16.0. The first kappa shape index (κ1) is 21.6. The van der Waals surface area contributed by atoms with E-state index in [0.717, 1.165) is 38.5 Å². The summed E-state index contributed by atoms with van der Waals surface area (Å²) in [6.07, 6.45) is 12.2. The fourth-order valence-corrected chi connectivity index (χ4v) is 2.66. The standard InChI is InChI=1S/C15H30N2O3S2/c18-14(19)12-10-8-6-4-2-1-3-5-7-9-11-13(17-20)16-15(21)22/h13,17,20H,1-12H2,(H,18,19)(H2,16,21,22). The van der Waals surface area contributed by atoms with Crippen molar-refractivity contribution in [3.63, 3.8) is 0 Å². The summed E-state index contributed by atoms with van der Waals surface area (Å²) in [7, 11) is 0. The summed E-state index contributed by atoms with van der Waals surface area (Å²) in [4.78, 5) is 10.3. The van der Waals surface area contributed by atoms with Crippen LogP contribution in [0.3, 0.4) is 0 Å². The van der Waals surface area contributed by atoms with Gasteiger partial charge in [0.2, 0.25) is 0 Å². The van der Waals surface area contributed by atoms with Gasteiger partial charge in [-0.15, -0.1) is 12.6 Å². The molecule has 7 heteroatoms. The second kappa shape index (κ2) is 15.5. The zero-order chi connectivity index (χ0) is 16.6. The fraction of sp³-hybridized carbons (Fsp3) is 0.867. The molecule has 0 bridgehead atoms. The highest BCUT2D eigenvalue weighted by atomic mass is 32.1. The molecule has 4 N–H and O–H groups in total. The van der Waals surface area contributed by atoms with E-state index in [1.165, 1.54) is 32.1 Å². The van der Waals surface area contributed by atoms with Gasteiger partial charge in [-0.25, -0.2) is 0 Å². The molecule has 0 aromatic heterocycles. The van der Waals surface area contributed by atoms with E-state index in [0.29, 0.717) is 10.7 Å². The molecule has 0 spiro atoms. The van der Waals surface area contributed by atoms with E-state index < -0.39 is 5.97 Å². The lowest BCUT2D eigenvalue weighted by Gasteiger charge is -2.16. The summed E-state index contributed by atoms with van der Waals surface area (Å²) < 4.78 is 0.384. The van der Waals surface area contributed by atoms with E-state index in [9.17, 15) is 4.79 Å². The van der Waals surface area contributed by atoms with Gasteiger partial charge in [0.05, 0.1) is 0 Å². The van der Waals surface area contributed by atoms with Crippen LogP contribution < -0.4 is 10.8 Å². The van der Waals surface area contributed by atoms with Crippen molar-refractivity contribution >= 4 is 35.1 Å². The number of thiol groups is 1. The summed E-state index contributed by atoms with van der Waals surface area (Å²) in [5.74, 6) is -0.690. The molecule has 0 saturated heterocycles. The zero-order valence-electron chi connectivity index (χ0n) is 13.2. The number of nitrogens with one attached hydrogen (secondary N) is 2. The quantitative estimate of drug-likeness (QED) is 0.101. The van der Waals surface area contributed by atoms with Crippen molar-refractivity contribution in [1.82, 2.24) is 10.8 Å². The van der Waals surface area contributed by atoms with E-state index in [4.69, 9.17) is 22.5 Å². The maximum Gasteiger partial charge on any atom is 0.303 e. The molecule has 5 nitrogen and oxygen atoms in total. The summed E-state index contributed by atoms with van der Waals surface area (Å²) in [5, 5.41) is 20.3. The third-order valence-electron chi connectivity index (χ3n) is 3.59. The van der Waals surface area contributed by atoms with Crippen LogP contribution in [-0.4, -0.2) is 26.8 Å². The number of rotatable bonds is 15. The average Bonchev–Trinajstić information content (AvgIpc) is 2.46. The number of hydroxylamine groups is 1. The highest BCUT2D eigenvalue weighted by Crippen LogP contribution is 2.12. The Morgan fingerprint density at radius 1 is 0.955 bits per heavy atom. The van der Waals surface area contributed by atoms with Crippen LogP contribution in [0.2, 0.25) is 0 Å². The number of carboxylic acid groups (broad SMARTS) is 1. The molecule has 0 heterocycles. The Bertz CT molecular complexity index is 305. The number of unbranched alkanes of at least 4 members (excludes halogenated alkanes) is 9. The predicted octanol–water partition coefficient (Wildman–Crippen LogP) is 3.86. The Morgan fingerprint density at radius 3 is 1.82 bits per heavy atom. The molecule has 0 saturated carbocycles. The first-order chi connectivity index (χ1) is 10.6. The third-order valence-corrected chi connectivity index (χ3v) is 3.83. The van der Waals surface area contributed by atoms with Crippen molar-refractivity contribution in [3.8, 4) is 0 Å². The number of carboxylic acids is 1. The molecule has 0 aliphatic carbocycles. The summed E-state index contributed by atoms with van der Waals surface area (Å²) in [5.41, 5.74) is 2.19. The van der Waals surface area contributed by atoms with Crippen LogP contribution in [0.25, 0.3) is 0 Å². The minimum Gasteiger partial charge on any atom is -0.481 e. The van der Waals surface area contributed by atoms with Crippen molar-refractivity contribution in [3.05, 3.63) is 0 Å². The number of aliphatic carboxylic acids is 1. The lowest BCUT2D eigenvalue weighted by atomic mass is 10.0. The molecule has 1 unspecified atom stereocenters. The maximum absolute atomic E-state index is 10.3. The minimum atomic E-state index is -0.690. The molecule has 0 radical (unpaired) electrons. The normalized spacial score (nSPS) is 12.1. The molecule has 1 atom stereocenters. The Labute approximate surface area is 144 Å². The molecule has 0 aliphatic rings. The van der Waals surface area contributed by atoms with Gasteiger partial charge in [-0.1, -0.05) is 63.6 Å². The second-order valence-electron chi connectivity index (χ2n) is 5.60. The molecular weight excluding hydrogens is 320 g/mol. The molecule has 0 amide bonds. The van der Waals surface area contributed by atoms with Gasteiger partial charge in [0, 0.05) is 6.42 Å². The Hall–Kier alpha value is -0.370. The van der Waals surface area contributed by atoms with Gasteiger partial charge in [0.15, 0.2) is 0 Å². The highest BCUT2D eigenvalue weighted by Gasteiger charge is 2.05. The van der Waals surface area contributed by atoms with Gasteiger partial charge >= 0.3 is 5.97 Å². The zero-order valence-corrected chi connectivity index (χ0v) is 14.9. The average molecular weight is 351 g/mol. The molecule has 22 heavy (non-hydrogen) atoms. The molecule has 0 aromatic rings. The van der Waals surface area contributed by atoms with Crippen LogP contribution in [0.1, 0.15) is 77.0 Å². The van der Waals surface area contributed by atoms with E-state index in [1.807, 2.05) is 0 Å². The molecule has 0 aliphatic heterocycles. The minimum absolute atomic E-state index is 0.212.